The molecule has 0 aliphatic carbocycles. The van der Waals surface area contributed by atoms with E-state index in [0.717, 1.165) is 42.3 Å². The molecule has 2 aromatic heterocycles. The molecule has 2 N–H and O–H groups in total. The van der Waals surface area contributed by atoms with Gasteiger partial charge in [-0.1, -0.05) is 24.3 Å². The van der Waals surface area contributed by atoms with Crippen molar-refractivity contribution < 1.29 is 21.6 Å². The summed E-state index contributed by atoms with van der Waals surface area (Å²) in [7, 11) is -4.47. The lowest BCUT2D eigenvalue weighted by molar-refractivity contribution is 0.486. The number of sulfonamides is 1. The fraction of sp³-hybridized carbons (Fsp3) is 0.217. The topological polar surface area (TPSA) is 106 Å². The van der Waals surface area contributed by atoms with Gasteiger partial charge in [0.15, 0.2) is 5.58 Å². The lowest BCUT2D eigenvalue weighted by atomic mass is 9.92. The molecule has 0 spiro atoms. The Morgan fingerprint density at radius 1 is 1.17 bits per heavy atom. The van der Waals surface area contributed by atoms with Gasteiger partial charge in [0.25, 0.3) is 10.0 Å². The Bertz CT molecular complexity index is 1590. The SMILES string of the molecule is CC(c1cccc2c1CNCC2)n1c(=O)oc2cc(S(=O)(=O)Nc3cccc(F)n3)c(F)cc21.Cl. The highest BCUT2D eigenvalue weighted by molar-refractivity contribution is 7.92. The van der Waals surface area contributed by atoms with E-state index in [-0.39, 0.29) is 29.3 Å². The van der Waals surface area contributed by atoms with Crippen molar-refractivity contribution in [3.8, 4) is 0 Å². The van der Waals surface area contributed by atoms with Crippen LogP contribution in [0.2, 0.25) is 0 Å². The quantitative estimate of drug-likeness (QED) is 0.387. The molecule has 0 fully saturated rings. The van der Waals surface area contributed by atoms with Crippen molar-refractivity contribution in [3.05, 3.63) is 87.5 Å². The molecule has 35 heavy (non-hydrogen) atoms. The minimum atomic E-state index is -4.47. The monoisotopic (exact) mass is 522 g/mol. The molecule has 0 saturated heterocycles. The number of rotatable bonds is 5. The molecule has 1 atom stereocenters. The summed E-state index contributed by atoms with van der Waals surface area (Å²) < 4.78 is 62.5. The highest BCUT2D eigenvalue weighted by Gasteiger charge is 2.26. The van der Waals surface area contributed by atoms with Gasteiger partial charge < -0.3 is 9.73 Å². The summed E-state index contributed by atoms with van der Waals surface area (Å²) in [5.74, 6) is -3.03. The lowest BCUT2D eigenvalue weighted by Crippen LogP contribution is -2.27. The van der Waals surface area contributed by atoms with Crippen molar-refractivity contribution in [1.82, 2.24) is 14.9 Å². The van der Waals surface area contributed by atoms with Crippen LogP contribution < -0.4 is 15.8 Å². The van der Waals surface area contributed by atoms with Crippen molar-refractivity contribution in [1.29, 1.82) is 0 Å². The molecular weight excluding hydrogens is 502 g/mol. The molecule has 8 nitrogen and oxygen atoms in total. The zero-order valence-corrected chi connectivity index (χ0v) is 20.1. The lowest BCUT2D eigenvalue weighted by Gasteiger charge is -2.24. The summed E-state index contributed by atoms with van der Waals surface area (Å²) in [5, 5.41) is 3.32. The maximum absolute atomic E-state index is 15.0. The third-order valence-corrected chi connectivity index (χ3v) is 7.30. The molecule has 3 heterocycles. The van der Waals surface area contributed by atoms with Gasteiger partial charge in [0.05, 0.1) is 11.6 Å². The van der Waals surface area contributed by atoms with Crippen LogP contribution in [0.4, 0.5) is 14.6 Å². The van der Waals surface area contributed by atoms with Crippen molar-refractivity contribution in [3.63, 3.8) is 0 Å². The second-order valence-corrected chi connectivity index (χ2v) is 9.68. The first-order valence-corrected chi connectivity index (χ1v) is 12.0. The number of fused-ring (bicyclic) bond motifs is 2. The Morgan fingerprint density at radius 2 is 1.94 bits per heavy atom. The van der Waals surface area contributed by atoms with Crippen LogP contribution in [-0.2, 0) is 23.0 Å². The largest absolute Gasteiger partial charge is 0.420 e. The van der Waals surface area contributed by atoms with E-state index in [2.05, 4.69) is 10.3 Å². The number of oxazole rings is 1. The number of aromatic nitrogens is 2. The first kappa shape index (κ1) is 24.8. The number of anilines is 1. The smallest absolute Gasteiger partial charge is 0.408 e. The van der Waals surface area contributed by atoms with Gasteiger partial charge in [-0.05, 0) is 48.7 Å². The fourth-order valence-electron chi connectivity index (χ4n) is 4.34. The van der Waals surface area contributed by atoms with E-state index >= 15 is 4.39 Å². The molecule has 12 heteroatoms. The molecule has 5 rings (SSSR count). The first-order valence-electron chi connectivity index (χ1n) is 10.6. The zero-order chi connectivity index (χ0) is 24.0. The van der Waals surface area contributed by atoms with Crippen LogP contribution in [0.15, 0.2) is 62.6 Å². The summed E-state index contributed by atoms with van der Waals surface area (Å²) in [5.41, 5.74) is 3.19. The van der Waals surface area contributed by atoms with E-state index in [9.17, 15) is 17.6 Å². The van der Waals surface area contributed by atoms with Gasteiger partial charge in [-0.15, -0.1) is 12.4 Å². The van der Waals surface area contributed by atoms with Gasteiger partial charge in [-0.25, -0.2) is 22.6 Å². The maximum atomic E-state index is 15.0. The van der Waals surface area contributed by atoms with Crippen LogP contribution in [0, 0.1) is 11.8 Å². The van der Waals surface area contributed by atoms with Crippen LogP contribution in [0.5, 0.6) is 0 Å². The summed E-state index contributed by atoms with van der Waals surface area (Å²) >= 11 is 0. The molecule has 0 amide bonds. The van der Waals surface area contributed by atoms with Crippen LogP contribution >= 0.6 is 12.4 Å². The van der Waals surface area contributed by atoms with Crippen LogP contribution in [-0.4, -0.2) is 24.5 Å². The third kappa shape index (κ3) is 4.54. The molecule has 0 radical (unpaired) electrons. The molecule has 0 saturated carbocycles. The van der Waals surface area contributed by atoms with Crippen LogP contribution in [0.1, 0.15) is 29.7 Å². The summed E-state index contributed by atoms with van der Waals surface area (Å²) in [6.07, 6.45) is 0.861. The highest BCUT2D eigenvalue weighted by atomic mass is 35.5. The zero-order valence-electron chi connectivity index (χ0n) is 18.4. The number of nitrogens with one attached hydrogen (secondary N) is 2. The van der Waals surface area contributed by atoms with Crippen molar-refractivity contribution >= 4 is 39.3 Å². The standard InChI is InChI=1S/C23H20F2N4O4S.ClH/c1-13(15-5-2-4-14-8-9-26-12-16(14)15)29-18-10-17(24)20(11-19(18)33-23(29)30)34(31,32)28-22-7-3-6-21(25)27-22;/h2-7,10-11,13,26H,8-9,12H2,1H3,(H,27,28);1H. The first-order chi connectivity index (χ1) is 16.2. The average molecular weight is 523 g/mol. The molecule has 4 aromatic rings. The number of hydrogen-bond acceptors (Lipinski definition) is 6. The second-order valence-electron chi connectivity index (χ2n) is 8.03. The number of nitrogens with zero attached hydrogens (tertiary/aromatic N) is 2. The molecule has 1 aliphatic rings. The number of halogens is 3. The summed E-state index contributed by atoms with van der Waals surface area (Å²) in [6, 6.07) is 10.8. The number of benzene rings is 2. The predicted molar refractivity (Wildman–Crippen MR) is 128 cm³/mol. The van der Waals surface area contributed by atoms with Gasteiger partial charge in [-0.2, -0.15) is 4.39 Å². The van der Waals surface area contributed by atoms with Crippen LogP contribution in [0.25, 0.3) is 11.1 Å². The number of hydrogen-bond donors (Lipinski definition) is 2. The minimum Gasteiger partial charge on any atom is -0.408 e. The van der Waals surface area contributed by atoms with E-state index < -0.39 is 38.5 Å². The van der Waals surface area contributed by atoms with Crippen molar-refractivity contribution in [2.24, 2.45) is 0 Å². The second kappa shape index (κ2) is 9.40. The average Bonchev–Trinajstić information content (AvgIpc) is 3.12. The highest BCUT2D eigenvalue weighted by Crippen LogP contribution is 2.30. The van der Waals surface area contributed by atoms with Gasteiger partial charge in [0.2, 0.25) is 5.95 Å². The third-order valence-electron chi connectivity index (χ3n) is 5.93. The molecule has 0 bridgehead atoms. The number of pyridine rings is 1. The van der Waals surface area contributed by atoms with Gasteiger partial charge in [0, 0.05) is 18.7 Å². The predicted octanol–water partition coefficient (Wildman–Crippen LogP) is 3.75. The molecule has 2 aromatic carbocycles. The summed E-state index contributed by atoms with van der Waals surface area (Å²) in [4.78, 5) is 15.4. The maximum Gasteiger partial charge on any atom is 0.420 e. The van der Waals surface area contributed by atoms with E-state index in [1.54, 1.807) is 6.92 Å². The minimum absolute atomic E-state index is 0. The van der Waals surface area contributed by atoms with E-state index in [0.29, 0.717) is 6.54 Å². The van der Waals surface area contributed by atoms with Gasteiger partial charge in [0.1, 0.15) is 16.5 Å². The molecule has 1 aliphatic heterocycles. The molecular formula is C23H21ClF2N4O4S. The van der Waals surface area contributed by atoms with E-state index in [1.807, 2.05) is 22.9 Å². The Balaban J connectivity index is 0.00000289. The Labute approximate surface area is 205 Å². The Kier molecular flexibility index (Phi) is 6.67. The van der Waals surface area contributed by atoms with Crippen LogP contribution in [0.3, 0.4) is 0 Å². The molecule has 184 valence electrons. The van der Waals surface area contributed by atoms with E-state index in [4.69, 9.17) is 4.42 Å². The Hall–Kier alpha value is -3.28. The van der Waals surface area contributed by atoms with Gasteiger partial charge >= 0.3 is 5.76 Å². The van der Waals surface area contributed by atoms with Crippen molar-refractivity contribution in [2.45, 2.75) is 30.8 Å². The Morgan fingerprint density at radius 3 is 2.71 bits per heavy atom. The normalized spacial score (nSPS) is 14.3. The molecule has 1 unspecified atom stereocenters. The summed E-state index contributed by atoms with van der Waals surface area (Å²) in [6.45, 7) is 3.32. The fourth-order valence-corrected chi connectivity index (χ4v) is 5.41. The van der Waals surface area contributed by atoms with Gasteiger partial charge in [-0.3, -0.25) is 9.29 Å². The van der Waals surface area contributed by atoms with Crippen molar-refractivity contribution in [2.75, 3.05) is 11.3 Å². The van der Waals surface area contributed by atoms with E-state index in [1.165, 1.54) is 22.3 Å².